The first-order chi connectivity index (χ1) is 5.14. The number of nitrogens with zero attached hydrogens (tertiary/aromatic N) is 1. The van der Waals surface area contributed by atoms with E-state index >= 15 is 0 Å². The van der Waals surface area contributed by atoms with Gasteiger partial charge in [0, 0.05) is 21.7 Å². The van der Waals surface area contributed by atoms with Gasteiger partial charge in [-0.2, -0.15) is 4.36 Å². The Kier molecular flexibility index (Phi) is 2.67. The Balaban J connectivity index is 3.00. The zero-order valence-corrected chi connectivity index (χ0v) is 8.24. The molecule has 62 valence electrons. The molecule has 0 N–H and O–H groups in total. The maximum atomic E-state index is 11.5. The van der Waals surface area contributed by atoms with Crippen molar-refractivity contribution in [3.63, 3.8) is 0 Å². The molecule has 0 fully saturated rings. The van der Waals surface area contributed by atoms with E-state index in [1.807, 2.05) is 24.4 Å². The van der Waals surface area contributed by atoms with E-state index in [9.17, 15) is 4.21 Å². The maximum Gasteiger partial charge on any atom is 0.126 e. The number of rotatable bonds is 2. The molecule has 4 heteroatoms. The molecule has 0 bridgehead atoms. The largest absolute Gasteiger partial charge is 0.250 e. The van der Waals surface area contributed by atoms with Crippen molar-refractivity contribution in [1.29, 1.82) is 0 Å². The monoisotopic (exact) mass is 189 g/mol. The fourth-order valence-corrected chi connectivity index (χ4v) is 2.25. The molecule has 1 rings (SSSR count). The third-order valence-electron chi connectivity index (χ3n) is 1.32. The fraction of sp³-hybridized carbons (Fsp3) is 0.429. The van der Waals surface area contributed by atoms with Gasteiger partial charge < -0.3 is 0 Å². The van der Waals surface area contributed by atoms with Gasteiger partial charge >= 0.3 is 0 Å². The number of thiophene rings is 1. The Morgan fingerprint density at radius 1 is 1.73 bits per heavy atom. The Labute approximate surface area is 71.4 Å². The first kappa shape index (κ1) is 8.74. The highest BCUT2D eigenvalue weighted by atomic mass is 32.2. The molecule has 0 saturated carbocycles. The average molecular weight is 189 g/mol. The summed E-state index contributed by atoms with van der Waals surface area (Å²) < 4.78 is 15.6. The predicted octanol–water partition coefficient (Wildman–Crippen LogP) is 2.50. The van der Waals surface area contributed by atoms with Gasteiger partial charge in [0.1, 0.15) is 5.00 Å². The Hall–Kier alpha value is -0.350. The van der Waals surface area contributed by atoms with Crippen LogP contribution >= 0.6 is 11.3 Å². The average Bonchev–Trinajstić information content (AvgIpc) is 2.39. The van der Waals surface area contributed by atoms with Crippen molar-refractivity contribution < 1.29 is 4.21 Å². The van der Waals surface area contributed by atoms with E-state index in [0.717, 1.165) is 5.00 Å². The van der Waals surface area contributed by atoms with Crippen molar-refractivity contribution in [2.75, 3.05) is 12.0 Å². The quantitative estimate of drug-likeness (QED) is 0.703. The Bertz CT molecular complexity index is 320. The molecule has 1 aromatic heterocycles. The van der Waals surface area contributed by atoms with Crippen LogP contribution in [0.4, 0.5) is 5.00 Å². The molecule has 0 aliphatic rings. The lowest BCUT2D eigenvalue weighted by atomic mass is 10.6. The van der Waals surface area contributed by atoms with Crippen molar-refractivity contribution in [3.05, 3.63) is 17.5 Å². The topological polar surface area (TPSA) is 29.4 Å². The van der Waals surface area contributed by atoms with Crippen LogP contribution in [0.5, 0.6) is 0 Å². The molecular formula is C7H11NOS2. The molecule has 0 saturated heterocycles. The molecule has 2 nitrogen and oxygen atoms in total. The molecule has 11 heavy (non-hydrogen) atoms. The summed E-state index contributed by atoms with van der Waals surface area (Å²) in [6.45, 7) is 1.89. The zero-order chi connectivity index (χ0) is 8.32. The van der Waals surface area contributed by atoms with Gasteiger partial charge in [-0.05, 0) is 17.5 Å². The second-order valence-corrected chi connectivity index (χ2v) is 5.90. The van der Waals surface area contributed by atoms with Gasteiger partial charge in [-0.3, -0.25) is 0 Å². The number of hydrogen-bond donors (Lipinski definition) is 0. The molecule has 0 aliphatic carbocycles. The fourth-order valence-electron chi connectivity index (χ4n) is 0.577. The van der Waals surface area contributed by atoms with E-state index in [0.29, 0.717) is 5.75 Å². The lowest BCUT2D eigenvalue weighted by molar-refractivity contribution is 0.681. The minimum atomic E-state index is -1.96. The van der Waals surface area contributed by atoms with Crippen LogP contribution < -0.4 is 0 Å². The van der Waals surface area contributed by atoms with Gasteiger partial charge in [0.05, 0.1) is 0 Å². The van der Waals surface area contributed by atoms with Crippen LogP contribution in [-0.2, 0) is 9.73 Å². The van der Waals surface area contributed by atoms with Crippen LogP contribution in [0.2, 0.25) is 0 Å². The Morgan fingerprint density at radius 2 is 2.45 bits per heavy atom. The van der Waals surface area contributed by atoms with E-state index in [2.05, 4.69) is 4.36 Å². The van der Waals surface area contributed by atoms with Crippen molar-refractivity contribution in [1.82, 2.24) is 0 Å². The molecule has 0 aliphatic heterocycles. The summed E-state index contributed by atoms with van der Waals surface area (Å²) in [6.07, 6.45) is 1.69. The summed E-state index contributed by atoms with van der Waals surface area (Å²) in [6, 6.07) is 3.79. The van der Waals surface area contributed by atoms with Crippen LogP contribution in [-0.4, -0.2) is 16.2 Å². The first-order valence-electron chi connectivity index (χ1n) is 3.37. The molecule has 0 aromatic carbocycles. The normalized spacial score (nSPS) is 15.8. The van der Waals surface area contributed by atoms with Crippen molar-refractivity contribution >= 4 is 26.1 Å². The molecular weight excluding hydrogens is 178 g/mol. The second kappa shape index (κ2) is 3.36. The van der Waals surface area contributed by atoms with E-state index < -0.39 is 9.73 Å². The standard InChI is InChI=1S/C7H11NOS2/c1-3-11(2,9)8-7-5-4-6-10-7/h4-6H,3H2,1-2H3/t11-/m0/s1. The minimum Gasteiger partial charge on any atom is -0.250 e. The van der Waals surface area contributed by atoms with Gasteiger partial charge in [0.15, 0.2) is 0 Å². The molecule has 1 aromatic rings. The summed E-state index contributed by atoms with van der Waals surface area (Å²) >= 11 is 1.52. The SMILES string of the molecule is CC[S@](C)(=O)=Nc1cccs1. The lowest BCUT2D eigenvalue weighted by Gasteiger charge is -1.95. The van der Waals surface area contributed by atoms with Crippen molar-refractivity contribution in [3.8, 4) is 0 Å². The van der Waals surface area contributed by atoms with E-state index in [4.69, 9.17) is 0 Å². The lowest BCUT2D eigenvalue weighted by Crippen LogP contribution is -1.96. The van der Waals surface area contributed by atoms with Crippen LogP contribution in [0.25, 0.3) is 0 Å². The van der Waals surface area contributed by atoms with Gasteiger partial charge in [-0.1, -0.05) is 6.92 Å². The third kappa shape index (κ3) is 2.63. The van der Waals surface area contributed by atoms with Crippen molar-refractivity contribution in [2.45, 2.75) is 6.92 Å². The predicted molar refractivity (Wildman–Crippen MR) is 51.0 cm³/mol. The van der Waals surface area contributed by atoms with Crippen LogP contribution in [0.3, 0.4) is 0 Å². The molecule has 0 unspecified atom stereocenters. The summed E-state index contributed by atoms with van der Waals surface area (Å²) in [5.41, 5.74) is 0. The highest BCUT2D eigenvalue weighted by Crippen LogP contribution is 2.20. The molecule has 1 atom stereocenters. The maximum absolute atomic E-state index is 11.5. The molecule has 1 heterocycles. The van der Waals surface area contributed by atoms with Crippen LogP contribution in [0.15, 0.2) is 21.9 Å². The van der Waals surface area contributed by atoms with Gasteiger partial charge in [0.2, 0.25) is 0 Å². The first-order valence-corrected chi connectivity index (χ1v) is 6.34. The smallest absolute Gasteiger partial charge is 0.126 e. The summed E-state index contributed by atoms with van der Waals surface area (Å²) in [5, 5.41) is 2.80. The van der Waals surface area contributed by atoms with Crippen LogP contribution in [0.1, 0.15) is 6.92 Å². The van der Waals surface area contributed by atoms with Gasteiger partial charge in [0.25, 0.3) is 0 Å². The molecule has 0 spiro atoms. The highest BCUT2D eigenvalue weighted by molar-refractivity contribution is 7.93. The van der Waals surface area contributed by atoms with Gasteiger partial charge in [-0.25, -0.2) is 4.21 Å². The summed E-state index contributed by atoms with van der Waals surface area (Å²) in [5.74, 6) is 0.616. The zero-order valence-electron chi connectivity index (χ0n) is 6.61. The van der Waals surface area contributed by atoms with Crippen molar-refractivity contribution in [2.24, 2.45) is 4.36 Å². The summed E-state index contributed by atoms with van der Waals surface area (Å²) in [4.78, 5) is 0. The summed E-state index contributed by atoms with van der Waals surface area (Å²) in [7, 11) is -1.96. The second-order valence-electron chi connectivity index (χ2n) is 2.29. The Morgan fingerprint density at radius 3 is 2.91 bits per heavy atom. The van der Waals surface area contributed by atoms with Crippen LogP contribution in [0, 0.1) is 0 Å². The highest BCUT2D eigenvalue weighted by Gasteiger charge is 1.97. The molecule has 0 radical (unpaired) electrons. The van der Waals surface area contributed by atoms with E-state index in [1.54, 1.807) is 6.26 Å². The van der Waals surface area contributed by atoms with E-state index in [-0.39, 0.29) is 0 Å². The molecule has 0 amide bonds. The van der Waals surface area contributed by atoms with Gasteiger partial charge in [-0.15, -0.1) is 11.3 Å². The van der Waals surface area contributed by atoms with E-state index in [1.165, 1.54) is 11.3 Å². The minimum absolute atomic E-state index is 0.616. The third-order valence-corrected chi connectivity index (χ3v) is 3.86. The number of hydrogen-bond acceptors (Lipinski definition) is 3.